The molecule has 0 aliphatic carbocycles. The van der Waals surface area contributed by atoms with Crippen LogP contribution in [-0.4, -0.2) is 35.4 Å². The zero-order valence-corrected chi connectivity index (χ0v) is 15.3. The van der Waals surface area contributed by atoms with Crippen LogP contribution in [0.15, 0.2) is 42.5 Å². The van der Waals surface area contributed by atoms with Crippen molar-refractivity contribution < 1.29 is 28.6 Å². The number of rotatable bonds is 6. The highest BCUT2D eigenvalue weighted by Crippen LogP contribution is 2.37. The minimum Gasteiger partial charge on any atom is -0.490 e. The Balaban J connectivity index is 1.78. The number of carbonyl (C=O) groups excluding carboxylic acids is 1. The summed E-state index contributed by atoms with van der Waals surface area (Å²) in [5.41, 5.74) is 1.05. The summed E-state index contributed by atoms with van der Waals surface area (Å²) < 4.78 is 24.0. The number of thioether (sulfide) groups is 1. The predicted octanol–water partition coefficient (Wildman–Crippen LogP) is 3.23. The number of carbonyl (C=O) groups is 2. The lowest BCUT2D eigenvalue weighted by molar-refractivity contribution is -0.138. The average molecular weight is 391 g/mol. The van der Waals surface area contributed by atoms with E-state index in [2.05, 4.69) is 5.32 Å². The third-order valence-corrected chi connectivity index (χ3v) is 5.20. The molecule has 27 heavy (non-hydrogen) atoms. The Morgan fingerprint density at radius 3 is 2.59 bits per heavy atom. The summed E-state index contributed by atoms with van der Waals surface area (Å²) >= 11 is 1.49. The minimum atomic E-state index is -0.889. The van der Waals surface area contributed by atoms with E-state index in [1.165, 1.54) is 36.0 Å². The molecule has 1 aliphatic rings. The maximum atomic E-state index is 13.0. The summed E-state index contributed by atoms with van der Waals surface area (Å²) in [6.45, 7) is 2.18. The molecule has 0 bridgehead atoms. The zero-order valence-electron chi connectivity index (χ0n) is 14.5. The van der Waals surface area contributed by atoms with E-state index < -0.39 is 23.8 Å². The van der Waals surface area contributed by atoms with Crippen molar-refractivity contribution in [2.45, 2.75) is 18.3 Å². The van der Waals surface area contributed by atoms with Crippen molar-refractivity contribution in [3.05, 3.63) is 59.4 Å². The van der Waals surface area contributed by atoms with E-state index in [-0.39, 0.29) is 16.7 Å². The number of hydrogen-bond acceptors (Lipinski definition) is 6. The first kappa shape index (κ1) is 19.2. The molecule has 142 valence electrons. The van der Waals surface area contributed by atoms with Crippen LogP contribution in [0.3, 0.4) is 0 Å². The zero-order chi connectivity index (χ0) is 19.4. The Bertz CT molecular complexity index is 842. The van der Waals surface area contributed by atoms with Crippen molar-refractivity contribution >= 4 is 23.7 Å². The van der Waals surface area contributed by atoms with Gasteiger partial charge in [-0.3, -0.25) is 10.1 Å². The molecular weight excluding hydrogens is 373 g/mol. The van der Waals surface area contributed by atoms with E-state index in [0.717, 1.165) is 5.56 Å². The van der Waals surface area contributed by atoms with E-state index in [0.29, 0.717) is 18.1 Å². The molecule has 2 aromatic rings. The van der Waals surface area contributed by atoms with Crippen LogP contribution in [0.2, 0.25) is 0 Å². The van der Waals surface area contributed by atoms with Gasteiger partial charge in [-0.2, -0.15) is 0 Å². The first-order valence-corrected chi connectivity index (χ1v) is 9.37. The Labute approximate surface area is 159 Å². The molecule has 1 fully saturated rings. The molecular formula is C19H18FNO5S. The number of esters is 1. The number of halogens is 1. The normalized spacial score (nSPS) is 18.9. The van der Waals surface area contributed by atoms with Crippen molar-refractivity contribution in [3.63, 3.8) is 0 Å². The molecule has 2 N–H and O–H groups in total. The van der Waals surface area contributed by atoms with Crippen LogP contribution >= 0.6 is 11.8 Å². The lowest BCUT2D eigenvalue weighted by atomic mass is 10.1. The molecule has 1 aliphatic heterocycles. The third kappa shape index (κ3) is 4.58. The fraction of sp³-hybridized carbons (Fsp3) is 0.263. The number of ether oxygens (including phenoxy) is 2. The largest absolute Gasteiger partial charge is 0.490 e. The predicted molar refractivity (Wildman–Crippen MR) is 98.7 cm³/mol. The molecule has 8 heteroatoms. The van der Waals surface area contributed by atoms with Crippen LogP contribution in [0.25, 0.3) is 0 Å². The van der Waals surface area contributed by atoms with Gasteiger partial charge in [-0.1, -0.05) is 6.07 Å². The fourth-order valence-electron chi connectivity index (χ4n) is 2.59. The van der Waals surface area contributed by atoms with Crippen LogP contribution < -0.4 is 14.8 Å². The van der Waals surface area contributed by atoms with Gasteiger partial charge in [0.25, 0.3) is 0 Å². The highest BCUT2D eigenvalue weighted by Gasteiger charge is 2.30. The van der Waals surface area contributed by atoms with Crippen LogP contribution in [0.4, 0.5) is 4.39 Å². The highest BCUT2D eigenvalue weighted by molar-refractivity contribution is 7.99. The Hall–Kier alpha value is -2.58. The molecule has 1 heterocycles. The van der Waals surface area contributed by atoms with Gasteiger partial charge in [0, 0.05) is 5.75 Å². The summed E-state index contributed by atoms with van der Waals surface area (Å²) in [6.07, 6.45) is 0. The second-order valence-corrected chi connectivity index (χ2v) is 6.94. The molecule has 0 radical (unpaired) electrons. The summed E-state index contributed by atoms with van der Waals surface area (Å²) in [5, 5.41) is 11.9. The number of carboxylic acids is 1. The van der Waals surface area contributed by atoms with Crippen molar-refractivity contribution in [1.29, 1.82) is 0 Å². The van der Waals surface area contributed by atoms with Crippen LogP contribution in [-0.2, 0) is 4.79 Å². The second kappa shape index (κ2) is 8.41. The van der Waals surface area contributed by atoms with Crippen LogP contribution in [0.5, 0.6) is 11.5 Å². The third-order valence-electron chi connectivity index (χ3n) is 3.93. The maximum absolute atomic E-state index is 13.0. The van der Waals surface area contributed by atoms with Gasteiger partial charge in [0.1, 0.15) is 11.9 Å². The topological polar surface area (TPSA) is 84.9 Å². The van der Waals surface area contributed by atoms with Gasteiger partial charge in [-0.05, 0) is 48.9 Å². The maximum Gasteiger partial charge on any atom is 0.343 e. The smallest absolute Gasteiger partial charge is 0.343 e. The molecule has 0 saturated carbocycles. The van der Waals surface area contributed by atoms with Gasteiger partial charge in [-0.15, -0.1) is 11.8 Å². The first-order chi connectivity index (χ1) is 13.0. The van der Waals surface area contributed by atoms with E-state index in [9.17, 15) is 14.0 Å². The molecule has 1 saturated heterocycles. The number of nitrogens with one attached hydrogen (secondary N) is 1. The van der Waals surface area contributed by atoms with E-state index >= 15 is 0 Å². The quantitative estimate of drug-likeness (QED) is 0.578. The average Bonchev–Trinajstić information content (AvgIpc) is 3.14. The summed E-state index contributed by atoms with van der Waals surface area (Å²) in [4.78, 5) is 23.4. The lowest BCUT2D eigenvalue weighted by Gasteiger charge is -2.16. The van der Waals surface area contributed by atoms with Crippen molar-refractivity contribution in [2.24, 2.45) is 0 Å². The van der Waals surface area contributed by atoms with Gasteiger partial charge in [0.15, 0.2) is 11.5 Å². The monoisotopic (exact) mass is 391 g/mol. The van der Waals surface area contributed by atoms with E-state index in [1.54, 1.807) is 25.1 Å². The minimum absolute atomic E-state index is 0.188. The summed E-state index contributed by atoms with van der Waals surface area (Å²) in [7, 11) is 0. The SMILES string of the molecule is CCOc1cc(C2NC(C(=O)O)CS2)ccc1OC(=O)c1ccc(F)cc1. The molecule has 6 nitrogen and oxygen atoms in total. The summed E-state index contributed by atoms with van der Waals surface area (Å²) in [5.74, 6) is -0.861. The van der Waals surface area contributed by atoms with Gasteiger partial charge < -0.3 is 14.6 Å². The molecule has 0 amide bonds. The fourth-order valence-corrected chi connectivity index (χ4v) is 3.81. The number of carboxylic acid groups (broad SMARTS) is 1. The second-order valence-electron chi connectivity index (χ2n) is 5.81. The molecule has 2 atom stereocenters. The number of hydrogen-bond donors (Lipinski definition) is 2. The van der Waals surface area contributed by atoms with Gasteiger partial charge in [-0.25, -0.2) is 9.18 Å². The van der Waals surface area contributed by atoms with Gasteiger partial charge in [0.2, 0.25) is 0 Å². The van der Waals surface area contributed by atoms with Crippen molar-refractivity contribution in [1.82, 2.24) is 5.32 Å². The standard InChI is InChI=1S/C19H18FNO5S/c1-2-25-16-9-12(17-21-14(10-27-17)18(22)23)5-8-15(16)26-19(24)11-3-6-13(20)7-4-11/h3-9,14,17,21H,2,10H2,1H3,(H,22,23). The van der Waals surface area contributed by atoms with Crippen molar-refractivity contribution in [3.8, 4) is 11.5 Å². The summed E-state index contributed by atoms with van der Waals surface area (Å²) in [6, 6.07) is 9.55. The number of benzene rings is 2. The van der Waals surface area contributed by atoms with E-state index in [4.69, 9.17) is 14.6 Å². The molecule has 0 aromatic heterocycles. The molecule has 2 unspecified atom stereocenters. The highest BCUT2D eigenvalue weighted by atomic mass is 32.2. The number of aliphatic carboxylic acids is 1. The molecule has 2 aromatic carbocycles. The van der Waals surface area contributed by atoms with Crippen molar-refractivity contribution in [2.75, 3.05) is 12.4 Å². The van der Waals surface area contributed by atoms with Crippen LogP contribution in [0.1, 0.15) is 28.2 Å². The Morgan fingerprint density at radius 1 is 1.22 bits per heavy atom. The van der Waals surface area contributed by atoms with Gasteiger partial charge in [0.05, 0.1) is 17.5 Å². The molecule has 3 rings (SSSR count). The van der Waals surface area contributed by atoms with E-state index in [1.807, 2.05) is 0 Å². The van der Waals surface area contributed by atoms with Crippen LogP contribution in [0, 0.1) is 5.82 Å². The lowest BCUT2D eigenvalue weighted by Crippen LogP contribution is -2.33. The Morgan fingerprint density at radius 2 is 1.96 bits per heavy atom. The van der Waals surface area contributed by atoms with Gasteiger partial charge >= 0.3 is 11.9 Å². The Kier molecular flexibility index (Phi) is 5.98. The molecule has 0 spiro atoms. The first-order valence-electron chi connectivity index (χ1n) is 8.33.